The van der Waals surface area contributed by atoms with Crippen LogP contribution in [0.15, 0.2) is 175 Å². The van der Waals surface area contributed by atoms with E-state index in [4.69, 9.17) is 9.29 Å². The quantitative estimate of drug-likeness (QED) is 0.0277. The monoisotopic (exact) mass is 922 g/mol. The number of hydrogen-bond acceptors (Lipinski definition) is 15. The number of para-hydroxylation sites is 1. The fraction of sp³-hybridized carbons (Fsp3) is 0.0476. The molecule has 0 aromatic heterocycles. The summed E-state index contributed by atoms with van der Waals surface area (Å²) in [6.45, 7) is 1.78. The lowest BCUT2D eigenvalue weighted by molar-refractivity contribution is -0.384. The van der Waals surface area contributed by atoms with Crippen molar-refractivity contribution in [2.75, 3.05) is 22.5 Å². The van der Waals surface area contributed by atoms with Crippen molar-refractivity contribution in [3.05, 3.63) is 155 Å². The molecule has 0 saturated carbocycles. The van der Waals surface area contributed by atoms with Crippen LogP contribution in [-0.4, -0.2) is 46.4 Å². The lowest BCUT2D eigenvalue weighted by Gasteiger charge is -2.14. The predicted molar refractivity (Wildman–Crippen MR) is 239 cm³/mol. The fourth-order valence-electron chi connectivity index (χ4n) is 6.28. The third-order valence-electron chi connectivity index (χ3n) is 9.37. The molecule has 5 N–H and O–H groups in total. The number of fused-ring (bicyclic) bond motifs is 1. The molecule has 0 heterocycles. The van der Waals surface area contributed by atoms with Gasteiger partial charge >= 0.3 is 0 Å². The number of hydrogen-bond donors (Lipinski definition) is 5. The number of sulfonamides is 1. The second-order valence-corrected chi connectivity index (χ2v) is 18.2. The van der Waals surface area contributed by atoms with Crippen molar-refractivity contribution in [2.24, 2.45) is 20.5 Å². The minimum atomic E-state index is -4.62. The average Bonchev–Trinajstić information content (AvgIpc) is 3.25. The van der Waals surface area contributed by atoms with Gasteiger partial charge in [0.25, 0.3) is 35.9 Å². The van der Waals surface area contributed by atoms with Gasteiger partial charge < -0.3 is 15.4 Å². The van der Waals surface area contributed by atoms with Crippen LogP contribution in [0.4, 0.5) is 56.9 Å². The number of rotatable bonds is 15. The molecule has 0 atom stereocenters. The van der Waals surface area contributed by atoms with Crippen molar-refractivity contribution in [2.45, 2.75) is 21.6 Å². The number of aryl methyl sites for hydroxylation is 1. The number of benzene rings is 7. The molecule has 0 radical (unpaired) electrons. The van der Waals surface area contributed by atoms with Gasteiger partial charge in [-0.25, -0.2) is 8.42 Å². The van der Waals surface area contributed by atoms with Gasteiger partial charge in [-0.3, -0.25) is 23.9 Å². The topological polar surface area (TPSA) is 281 Å². The zero-order valence-electron chi connectivity index (χ0n) is 33.3. The van der Waals surface area contributed by atoms with Gasteiger partial charge in [-0.1, -0.05) is 30.3 Å². The van der Waals surface area contributed by atoms with E-state index in [9.17, 15) is 39.9 Å². The third kappa shape index (κ3) is 10.2. The Labute approximate surface area is 365 Å². The number of nitro groups is 1. The van der Waals surface area contributed by atoms with Gasteiger partial charge in [-0.2, -0.15) is 27.1 Å². The van der Waals surface area contributed by atoms with Gasteiger partial charge in [-0.05, 0) is 110 Å². The average molecular weight is 923 g/mol. The highest BCUT2D eigenvalue weighted by atomic mass is 32.2. The summed E-state index contributed by atoms with van der Waals surface area (Å²) in [4.78, 5) is 10.1. The first-order valence-corrected chi connectivity index (χ1v) is 22.9. The lowest BCUT2D eigenvalue weighted by atomic mass is 10.1. The molecule has 326 valence electrons. The van der Waals surface area contributed by atoms with E-state index in [1.54, 1.807) is 61.5 Å². The maximum atomic E-state index is 13.0. The number of azo groups is 2. The van der Waals surface area contributed by atoms with Crippen LogP contribution >= 0.6 is 0 Å². The zero-order chi connectivity index (χ0) is 45.8. The first kappa shape index (κ1) is 44.4. The van der Waals surface area contributed by atoms with Gasteiger partial charge in [-0.15, -0.1) is 10.2 Å². The van der Waals surface area contributed by atoms with Crippen LogP contribution in [0, 0.1) is 17.0 Å². The van der Waals surface area contributed by atoms with E-state index in [0.29, 0.717) is 56.5 Å². The van der Waals surface area contributed by atoms with Crippen LogP contribution in [0.25, 0.3) is 10.8 Å². The fourth-order valence-corrected chi connectivity index (χ4v) is 8.57. The van der Waals surface area contributed by atoms with Gasteiger partial charge in [0.2, 0.25) is 0 Å². The van der Waals surface area contributed by atoms with E-state index in [0.717, 1.165) is 36.4 Å². The summed E-state index contributed by atoms with van der Waals surface area (Å²) in [6.07, 6.45) is 0. The number of ether oxygens (including phenoxy) is 1. The van der Waals surface area contributed by atoms with Crippen molar-refractivity contribution in [1.82, 2.24) is 0 Å². The summed E-state index contributed by atoms with van der Waals surface area (Å²) in [5, 5.41) is 36.3. The Morgan fingerprint density at radius 2 is 1.20 bits per heavy atom. The van der Waals surface area contributed by atoms with Gasteiger partial charge in [0.1, 0.15) is 22.0 Å². The molecule has 19 nitrogen and oxygen atoms in total. The van der Waals surface area contributed by atoms with Crippen LogP contribution in [0.3, 0.4) is 0 Å². The summed E-state index contributed by atoms with van der Waals surface area (Å²) in [5.41, 5.74) is 3.10. The molecule has 7 aromatic rings. The highest BCUT2D eigenvalue weighted by Crippen LogP contribution is 2.41. The standard InChI is InChI=1S/C42H34N8O11S3/c1-26-23-38(48-46-34-21-22-36(44-27-7-4-3-5-8-27)42-33(34)9-6-10-41(42)64(58,59)60)40(61-2)25-37(26)47-45-29-13-11-28(12-14-29)43-35-20-19-32(24-39(35)50(51)52)62(53,54)49-30-15-17-31(18-16-30)63(55,56)57/h3-25,43-44,49H,1-2H3,(H,55,56,57)(H,58,59,60). The maximum Gasteiger partial charge on any atom is 0.295 e. The largest absolute Gasteiger partial charge is 0.494 e. The molecule has 0 aliphatic rings. The molecule has 0 aliphatic carbocycles. The highest BCUT2D eigenvalue weighted by molar-refractivity contribution is 7.92. The maximum absolute atomic E-state index is 13.0. The van der Waals surface area contributed by atoms with Gasteiger partial charge in [0, 0.05) is 45.7 Å². The van der Waals surface area contributed by atoms with E-state index < -0.39 is 50.7 Å². The molecule has 0 aliphatic heterocycles. The number of anilines is 5. The van der Waals surface area contributed by atoms with Crippen LogP contribution in [0.1, 0.15) is 5.56 Å². The normalized spacial score (nSPS) is 12.1. The summed E-state index contributed by atoms with van der Waals surface area (Å²) in [6, 6.07) is 34.0. The van der Waals surface area contributed by atoms with Crippen LogP contribution in [-0.2, 0) is 30.3 Å². The Hall–Kier alpha value is -7.63. The Morgan fingerprint density at radius 1 is 0.594 bits per heavy atom. The van der Waals surface area contributed by atoms with E-state index in [1.165, 1.54) is 25.3 Å². The van der Waals surface area contributed by atoms with E-state index >= 15 is 0 Å². The minimum Gasteiger partial charge on any atom is -0.494 e. The summed E-state index contributed by atoms with van der Waals surface area (Å²) in [7, 11) is -12.0. The number of methoxy groups -OCH3 is 1. The predicted octanol–water partition coefficient (Wildman–Crippen LogP) is 10.7. The molecule has 7 rings (SSSR count). The van der Waals surface area contributed by atoms with Crippen molar-refractivity contribution >= 4 is 97.9 Å². The summed E-state index contributed by atoms with van der Waals surface area (Å²) >= 11 is 0. The van der Waals surface area contributed by atoms with Gasteiger partial charge in [0.05, 0.1) is 38.9 Å². The van der Waals surface area contributed by atoms with Gasteiger partial charge in [0.15, 0.2) is 0 Å². The SMILES string of the molecule is COc1cc(N=Nc2ccc(Nc3ccc(S(=O)(=O)Nc4ccc(S(=O)(=O)O)cc4)cc3[N+](=O)[O-])cc2)c(C)cc1N=Nc1ccc(Nc2ccccc2)c2c(S(=O)(=O)O)cccc12. The Kier molecular flexibility index (Phi) is 12.5. The van der Waals surface area contributed by atoms with Crippen molar-refractivity contribution in [1.29, 1.82) is 0 Å². The molecule has 64 heavy (non-hydrogen) atoms. The van der Waals surface area contributed by atoms with Crippen LogP contribution < -0.4 is 20.1 Å². The first-order chi connectivity index (χ1) is 30.4. The van der Waals surface area contributed by atoms with Crippen molar-refractivity contribution in [3.8, 4) is 5.75 Å². The number of nitro benzene ring substituents is 1. The molecular formula is C42H34N8O11S3. The zero-order valence-corrected chi connectivity index (χ0v) is 35.8. The smallest absolute Gasteiger partial charge is 0.295 e. The van der Waals surface area contributed by atoms with Crippen LogP contribution in [0.5, 0.6) is 5.75 Å². The van der Waals surface area contributed by atoms with E-state index in [1.807, 2.05) is 30.3 Å². The highest BCUT2D eigenvalue weighted by Gasteiger charge is 2.23. The molecular weight excluding hydrogens is 889 g/mol. The molecule has 0 spiro atoms. The van der Waals surface area contributed by atoms with Crippen LogP contribution in [0.2, 0.25) is 0 Å². The number of nitrogens with one attached hydrogen (secondary N) is 3. The summed E-state index contributed by atoms with van der Waals surface area (Å²) in [5.74, 6) is 0.304. The Morgan fingerprint density at radius 3 is 1.86 bits per heavy atom. The molecule has 0 fully saturated rings. The lowest BCUT2D eigenvalue weighted by Crippen LogP contribution is -2.13. The third-order valence-corrected chi connectivity index (χ3v) is 12.5. The minimum absolute atomic E-state index is 0.0103. The Bertz CT molecular complexity index is 3340. The molecule has 22 heteroatoms. The Balaban J connectivity index is 1.07. The molecule has 0 unspecified atom stereocenters. The van der Waals surface area contributed by atoms with Crippen molar-refractivity contribution in [3.63, 3.8) is 0 Å². The summed E-state index contributed by atoms with van der Waals surface area (Å²) < 4.78 is 101. The second kappa shape index (κ2) is 18.0. The van der Waals surface area contributed by atoms with E-state index in [2.05, 4.69) is 35.8 Å². The molecule has 0 amide bonds. The molecule has 0 saturated heterocycles. The van der Waals surface area contributed by atoms with Crippen molar-refractivity contribution < 1.29 is 44.0 Å². The molecule has 0 bridgehead atoms. The van der Waals surface area contributed by atoms with E-state index in [-0.39, 0.29) is 21.7 Å². The first-order valence-electron chi connectivity index (χ1n) is 18.5. The number of nitrogens with zero attached hydrogens (tertiary/aromatic N) is 5. The second-order valence-electron chi connectivity index (χ2n) is 13.7. The molecule has 7 aromatic carbocycles.